The number of carbonyl (C=O) groups excluding carboxylic acids is 4. The smallest absolute Gasteiger partial charge is 0.341 e. The molecule has 6 rings (SSSR count). The number of aryl methyl sites for hydroxylation is 1. The highest BCUT2D eigenvalue weighted by Gasteiger charge is 2.54. The van der Waals surface area contributed by atoms with Crippen molar-refractivity contribution in [3.63, 3.8) is 0 Å². The summed E-state index contributed by atoms with van der Waals surface area (Å²) in [7, 11) is 0. The number of anilines is 1. The first-order chi connectivity index (χ1) is 16.4. The molecule has 4 bridgehead atoms. The highest BCUT2D eigenvalue weighted by Crippen LogP contribution is 2.60. The average molecular weight is 489 g/mol. The minimum absolute atomic E-state index is 0.0415. The SMILES string of the molecule is CCOC(=O)c1c(NC(=O)COC(=O)CNC(=O)C23CC4CC(CC(C4)C2)C3)sc2c1CCC2. The molecule has 0 aliphatic heterocycles. The first-order valence-electron chi connectivity index (χ1n) is 12.4. The summed E-state index contributed by atoms with van der Waals surface area (Å²) in [5.41, 5.74) is 1.04. The highest BCUT2D eigenvalue weighted by molar-refractivity contribution is 7.17. The monoisotopic (exact) mass is 488 g/mol. The van der Waals surface area contributed by atoms with Gasteiger partial charge in [0.25, 0.3) is 5.91 Å². The zero-order valence-corrected chi connectivity index (χ0v) is 20.4. The predicted molar refractivity (Wildman–Crippen MR) is 126 cm³/mol. The Kier molecular flexibility index (Phi) is 6.39. The fourth-order valence-corrected chi connectivity index (χ4v) is 8.29. The Morgan fingerprint density at radius 1 is 1.00 bits per heavy atom. The van der Waals surface area contributed by atoms with Crippen LogP contribution in [0.1, 0.15) is 72.7 Å². The number of hydrogen-bond acceptors (Lipinski definition) is 7. The summed E-state index contributed by atoms with van der Waals surface area (Å²) in [5.74, 6) is 0.280. The topological polar surface area (TPSA) is 111 Å². The van der Waals surface area contributed by atoms with E-state index in [2.05, 4.69) is 10.6 Å². The van der Waals surface area contributed by atoms with Gasteiger partial charge in [-0.1, -0.05) is 0 Å². The molecule has 184 valence electrons. The Morgan fingerprint density at radius 2 is 1.68 bits per heavy atom. The molecule has 0 aromatic carbocycles. The number of amides is 2. The second-order valence-electron chi connectivity index (χ2n) is 10.4. The fourth-order valence-electron chi connectivity index (χ4n) is 7.00. The molecule has 4 fully saturated rings. The van der Waals surface area contributed by atoms with Gasteiger partial charge in [0.2, 0.25) is 5.91 Å². The van der Waals surface area contributed by atoms with Crippen LogP contribution in [0.2, 0.25) is 0 Å². The van der Waals surface area contributed by atoms with E-state index in [1.165, 1.54) is 30.6 Å². The van der Waals surface area contributed by atoms with E-state index in [0.29, 0.717) is 28.3 Å². The largest absolute Gasteiger partial charge is 0.462 e. The summed E-state index contributed by atoms with van der Waals surface area (Å²) < 4.78 is 10.3. The van der Waals surface area contributed by atoms with Crippen LogP contribution in [0.25, 0.3) is 0 Å². The van der Waals surface area contributed by atoms with Crippen molar-refractivity contribution >= 4 is 40.1 Å². The second-order valence-corrected chi connectivity index (χ2v) is 11.5. The molecule has 9 heteroatoms. The van der Waals surface area contributed by atoms with Gasteiger partial charge in [-0.2, -0.15) is 0 Å². The van der Waals surface area contributed by atoms with Gasteiger partial charge < -0.3 is 20.1 Å². The van der Waals surface area contributed by atoms with Crippen molar-refractivity contribution in [3.8, 4) is 0 Å². The first-order valence-corrected chi connectivity index (χ1v) is 13.2. The molecule has 0 spiro atoms. The summed E-state index contributed by atoms with van der Waals surface area (Å²) in [6.07, 6.45) is 9.16. The van der Waals surface area contributed by atoms with Crippen molar-refractivity contribution in [2.24, 2.45) is 23.2 Å². The molecule has 2 N–H and O–H groups in total. The highest BCUT2D eigenvalue weighted by atomic mass is 32.1. The van der Waals surface area contributed by atoms with Crippen molar-refractivity contribution in [3.05, 3.63) is 16.0 Å². The molecule has 5 aliphatic rings. The van der Waals surface area contributed by atoms with Gasteiger partial charge in [0.1, 0.15) is 11.5 Å². The molecule has 34 heavy (non-hydrogen) atoms. The fraction of sp³-hybridized carbons (Fsp3) is 0.680. The Labute approximate surface area is 203 Å². The number of carbonyl (C=O) groups is 4. The van der Waals surface area contributed by atoms with Gasteiger partial charge in [-0.05, 0) is 88.0 Å². The summed E-state index contributed by atoms with van der Waals surface area (Å²) in [6, 6.07) is 0. The van der Waals surface area contributed by atoms with E-state index in [4.69, 9.17) is 9.47 Å². The summed E-state index contributed by atoms with van der Waals surface area (Å²) >= 11 is 1.38. The molecule has 2 amide bonds. The van der Waals surface area contributed by atoms with Gasteiger partial charge >= 0.3 is 11.9 Å². The van der Waals surface area contributed by atoms with Gasteiger partial charge in [0.15, 0.2) is 6.61 Å². The first kappa shape index (κ1) is 23.3. The zero-order chi connectivity index (χ0) is 23.9. The van der Waals surface area contributed by atoms with Gasteiger partial charge in [-0.15, -0.1) is 11.3 Å². The second kappa shape index (κ2) is 9.32. The lowest BCUT2D eigenvalue weighted by molar-refractivity contribution is -0.152. The number of esters is 2. The molecule has 1 aromatic rings. The van der Waals surface area contributed by atoms with Crippen molar-refractivity contribution in [1.82, 2.24) is 5.32 Å². The number of ether oxygens (including phenoxy) is 2. The Morgan fingerprint density at radius 3 is 2.32 bits per heavy atom. The maximum atomic E-state index is 13.0. The van der Waals surface area contributed by atoms with Crippen molar-refractivity contribution in [2.45, 2.75) is 64.7 Å². The third kappa shape index (κ3) is 4.46. The lowest BCUT2D eigenvalue weighted by atomic mass is 9.49. The van der Waals surface area contributed by atoms with E-state index in [1.807, 2.05) is 0 Å². The maximum Gasteiger partial charge on any atom is 0.341 e. The Bertz CT molecular complexity index is 980. The van der Waals surface area contributed by atoms with E-state index in [1.54, 1.807) is 6.92 Å². The summed E-state index contributed by atoms with van der Waals surface area (Å²) in [4.78, 5) is 51.1. The van der Waals surface area contributed by atoms with Crippen LogP contribution in [0.15, 0.2) is 0 Å². The molecule has 0 unspecified atom stereocenters. The van der Waals surface area contributed by atoms with Crippen LogP contribution in [0, 0.1) is 23.2 Å². The number of rotatable bonds is 8. The number of thiophene rings is 1. The van der Waals surface area contributed by atoms with Gasteiger partial charge in [-0.3, -0.25) is 14.4 Å². The van der Waals surface area contributed by atoms with Crippen LogP contribution >= 0.6 is 11.3 Å². The quantitative estimate of drug-likeness (QED) is 0.544. The number of fused-ring (bicyclic) bond motifs is 1. The predicted octanol–water partition coefficient (Wildman–Crippen LogP) is 3.23. The standard InChI is InChI=1S/C25H32N2O6S/c1-2-32-23(30)21-17-4-3-5-18(17)34-22(21)27-19(28)13-33-20(29)12-26-24(31)25-9-14-6-15(10-25)8-16(7-14)11-25/h14-16H,2-13H2,1H3,(H,26,31)(H,27,28). The minimum Gasteiger partial charge on any atom is -0.462 e. The zero-order valence-electron chi connectivity index (χ0n) is 19.6. The third-order valence-corrected chi connectivity index (χ3v) is 9.14. The van der Waals surface area contributed by atoms with Crippen LogP contribution in [-0.2, 0) is 36.7 Å². The number of hydrogen-bond donors (Lipinski definition) is 2. The molecular formula is C25H32N2O6S. The minimum atomic E-state index is -0.646. The van der Waals surface area contributed by atoms with Crippen LogP contribution < -0.4 is 10.6 Å². The van der Waals surface area contributed by atoms with Gasteiger partial charge in [0, 0.05) is 10.3 Å². The lowest BCUT2D eigenvalue weighted by Crippen LogP contribution is -2.54. The summed E-state index contributed by atoms with van der Waals surface area (Å²) in [6.45, 7) is 1.28. The molecule has 5 aliphatic carbocycles. The molecule has 0 saturated heterocycles. The van der Waals surface area contributed by atoms with Gasteiger partial charge in [-0.25, -0.2) is 4.79 Å². The van der Waals surface area contributed by atoms with Crippen molar-refractivity contribution in [2.75, 3.05) is 25.1 Å². The van der Waals surface area contributed by atoms with E-state index < -0.39 is 24.5 Å². The van der Waals surface area contributed by atoms with Crippen LogP contribution in [-0.4, -0.2) is 43.5 Å². The number of nitrogens with one attached hydrogen (secondary N) is 2. The van der Waals surface area contributed by atoms with Gasteiger partial charge in [0.05, 0.1) is 12.2 Å². The Hall–Kier alpha value is -2.42. The normalized spacial score (nSPS) is 28.3. The molecular weight excluding hydrogens is 456 g/mol. The van der Waals surface area contributed by atoms with Crippen molar-refractivity contribution in [1.29, 1.82) is 0 Å². The van der Waals surface area contributed by atoms with Crippen LogP contribution in [0.5, 0.6) is 0 Å². The van der Waals surface area contributed by atoms with E-state index in [0.717, 1.165) is 49.0 Å². The molecule has 0 atom stereocenters. The maximum absolute atomic E-state index is 13.0. The average Bonchev–Trinajstić information content (AvgIpc) is 3.36. The van der Waals surface area contributed by atoms with Crippen LogP contribution in [0.3, 0.4) is 0 Å². The van der Waals surface area contributed by atoms with Crippen LogP contribution in [0.4, 0.5) is 5.00 Å². The molecule has 1 heterocycles. The van der Waals surface area contributed by atoms with E-state index in [-0.39, 0.29) is 24.5 Å². The van der Waals surface area contributed by atoms with E-state index >= 15 is 0 Å². The van der Waals surface area contributed by atoms with E-state index in [9.17, 15) is 19.2 Å². The Balaban J connectivity index is 1.11. The molecule has 4 saturated carbocycles. The molecule has 1 aromatic heterocycles. The molecule has 0 radical (unpaired) electrons. The third-order valence-electron chi connectivity index (χ3n) is 7.93. The summed E-state index contributed by atoms with van der Waals surface area (Å²) in [5, 5.41) is 5.92. The lowest BCUT2D eigenvalue weighted by Gasteiger charge is -2.55. The molecule has 8 nitrogen and oxygen atoms in total. The van der Waals surface area contributed by atoms with Crippen molar-refractivity contribution < 1.29 is 28.7 Å².